The second kappa shape index (κ2) is 10.3. The number of thioether (sulfide) groups is 1. The SMILES string of the molecule is COc1ccc(-n2c(SCc3ccccc3C(F)(F)F)nnc2-c2cc(OC)cc(OC)c2)cc1. The molecule has 0 atom stereocenters. The lowest BCUT2D eigenvalue weighted by Gasteiger charge is -2.14. The molecule has 0 aliphatic carbocycles. The topological polar surface area (TPSA) is 58.4 Å². The second-order valence-electron chi connectivity index (χ2n) is 7.38. The molecule has 182 valence electrons. The highest BCUT2D eigenvalue weighted by Gasteiger charge is 2.33. The minimum atomic E-state index is -4.44. The number of benzene rings is 3. The van der Waals surface area contributed by atoms with Gasteiger partial charge in [-0.2, -0.15) is 13.2 Å². The fourth-order valence-corrected chi connectivity index (χ4v) is 4.47. The van der Waals surface area contributed by atoms with Gasteiger partial charge < -0.3 is 14.2 Å². The van der Waals surface area contributed by atoms with E-state index in [1.54, 1.807) is 62.3 Å². The van der Waals surface area contributed by atoms with Crippen molar-refractivity contribution in [2.75, 3.05) is 21.3 Å². The monoisotopic (exact) mass is 501 g/mol. The van der Waals surface area contributed by atoms with Crippen LogP contribution in [0.25, 0.3) is 17.1 Å². The van der Waals surface area contributed by atoms with E-state index in [-0.39, 0.29) is 11.3 Å². The molecule has 0 spiro atoms. The third kappa shape index (κ3) is 5.37. The van der Waals surface area contributed by atoms with Crippen molar-refractivity contribution in [1.82, 2.24) is 14.8 Å². The van der Waals surface area contributed by atoms with Crippen molar-refractivity contribution in [1.29, 1.82) is 0 Å². The van der Waals surface area contributed by atoms with E-state index in [0.717, 1.165) is 11.8 Å². The van der Waals surface area contributed by atoms with E-state index in [0.29, 0.717) is 33.8 Å². The Bertz CT molecular complexity index is 1290. The summed E-state index contributed by atoms with van der Waals surface area (Å²) in [6.45, 7) is 0. The highest BCUT2D eigenvalue weighted by atomic mass is 32.2. The highest BCUT2D eigenvalue weighted by Crippen LogP contribution is 2.37. The van der Waals surface area contributed by atoms with Crippen molar-refractivity contribution in [2.45, 2.75) is 17.1 Å². The number of hydrogen-bond donors (Lipinski definition) is 0. The van der Waals surface area contributed by atoms with Crippen molar-refractivity contribution in [3.05, 3.63) is 77.9 Å². The third-order valence-electron chi connectivity index (χ3n) is 5.25. The van der Waals surface area contributed by atoms with Crippen LogP contribution in [0.2, 0.25) is 0 Å². The molecule has 0 saturated carbocycles. The van der Waals surface area contributed by atoms with Crippen molar-refractivity contribution in [3.63, 3.8) is 0 Å². The molecule has 10 heteroatoms. The molecule has 0 radical (unpaired) electrons. The summed E-state index contributed by atoms with van der Waals surface area (Å²) in [6, 6.07) is 18.1. The van der Waals surface area contributed by atoms with E-state index >= 15 is 0 Å². The number of methoxy groups -OCH3 is 3. The van der Waals surface area contributed by atoms with Crippen LogP contribution in [0.3, 0.4) is 0 Å². The van der Waals surface area contributed by atoms with Gasteiger partial charge in [-0.15, -0.1) is 10.2 Å². The number of aromatic nitrogens is 3. The maximum Gasteiger partial charge on any atom is 0.416 e. The zero-order valence-electron chi connectivity index (χ0n) is 19.2. The van der Waals surface area contributed by atoms with Gasteiger partial charge >= 0.3 is 6.18 Å². The first-order valence-corrected chi connectivity index (χ1v) is 11.4. The van der Waals surface area contributed by atoms with Gasteiger partial charge in [-0.3, -0.25) is 4.57 Å². The Balaban J connectivity index is 1.78. The van der Waals surface area contributed by atoms with Gasteiger partial charge in [0.15, 0.2) is 11.0 Å². The maximum atomic E-state index is 13.5. The van der Waals surface area contributed by atoms with Crippen LogP contribution in [0.4, 0.5) is 13.2 Å². The fourth-order valence-electron chi connectivity index (χ4n) is 3.52. The highest BCUT2D eigenvalue weighted by molar-refractivity contribution is 7.98. The van der Waals surface area contributed by atoms with Crippen LogP contribution in [0.1, 0.15) is 11.1 Å². The molecule has 1 aromatic heterocycles. The third-order valence-corrected chi connectivity index (χ3v) is 6.23. The quantitative estimate of drug-likeness (QED) is 0.265. The van der Waals surface area contributed by atoms with E-state index in [1.807, 2.05) is 12.1 Å². The normalized spacial score (nSPS) is 11.4. The zero-order valence-corrected chi connectivity index (χ0v) is 20.0. The molecular formula is C25H22F3N3O3S. The molecule has 35 heavy (non-hydrogen) atoms. The molecule has 0 unspecified atom stereocenters. The van der Waals surface area contributed by atoms with Gasteiger partial charge in [0.25, 0.3) is 0 Å². The molecule has 4 aromatic rings. The van der Waals surface area contributed by atoms with E-state index in [9.17, 15) is 13.2 Å². The molecule has 0 fully saturated rings. The largest absolute Gasteiger partial charge is 0.497 e. The van der Waals surface area contributed by atoms with E-state index in [4.69, 9.17) is 14.2 Å². The number of ether oxygens (including phenoxy) is 3. The number of halogens is 3. The van der Waals surface area contributed by atoms with E-state index in [1.165, 1.54) is 23.9 Å². The number of nitrogens with zero attached hydrogens (tertiary/aromatic N) is 3. The van der Waals surface area contributed by atoms with Gasteiger partial charge in [0.2, 0.25) is 0 Å². The Morgan fingerprint density at radius 1 is 0.800 bits per heavy atom. The van der Waals surface area contributed by atoms with Crippen LogP contribution in [0.15, 0.2) is 71.9 Å². The lowest BCUT2D eigenvalue weighted by atomic mass is 10.1. The molecule has 3 aromatic carbocycles. The molecule has 0 bridgehead atoms. The lowest BCUT2D eigenvalue weighted by Crippen LogP contribution is -2.08. The molecule has 6 nitrogen and oxygen atoms in total. The van der Waals surface area contributed by atoms with Crippen molar-refractivity contribution < 1.29 is 27.4 Å². The van der Waals surface area contributed by atoms with Crippen LogP contribution in [0.5, 0.6) is 17.2 Å². The predicted octanol–water partition coefficient (Wildman–Crippen LogP) is 6.27. The summed E-state index contributed by atoms with van der Waals surface area (Å²) in [7, 11) is 4.67. The molecule has 1 heterocycles. The summed E-state index contributed by atoms with van der Waals surface area (Å²) < 4.78 is 58.3. The summed E-state index contributed by atoms with van der Waals surface area (Å²) in [5, 5.41) is 9.11. The predicted molar refractivity (Wildman–Crippen MR) is 127 cm³/mol. The summed E-state index contributed by atoms with van der Waals surface area (Å²) in [6.07, 6.45) is -4.44. The lowest BCUT2D eigenvalue weighted by molar-refractivity contribution is -0.138. The zero-order chi connectivity index (χ0) is 25.0. The van der Waals surface area contributed by atoms with Gasteiger partial charge in [-0.1, -0.05) is 30.0 Å². The summed E-state index contributed by atoms with van der Waals surface area (Å²) in [5.41, 5.74) is 0.894. The van der Waals surface area contributed by atoms with Gasteiger partial charge in [0.1, 0.15) is 17.2 Å². The number of alkyl halides is 3. The minimum Gasteiger partial charge on any atom is -0.497 e. The van der Waals surface area contributed by atoms with Crippen LogP contribution in [0, 0.1) is 0 Å². The second-order valence-corrected chi connectivity index (χ2v) is 8.33. The van der Waals surface area contributed by atoms with E-state index in [2.05, 4.69) is 10.2 Å². The van der Waals surface area contributed by atoms with Gasteiger partial charge in [-0.25, -0.2) is 0 Å². The molecule has 4 rings (SSSR count). The summed E-state index contributed by atoms with van der Waals surface area (Å²) in [5.74, 6) is 2.35. The number of hydrogen-bond acceptors (Lipinski definition) is 6. The Hall–Kier alpha value is -3.66. The summed E-state index contributed by atoms with van der Waals surface area (Å²) in [4.78, 5) is 0. The van der Waals surface area contributed by atoms with Crippen molar-refractivity contribution in [2.24, 2.45) is 0 Å². The summed E-state index contributed by atoms with van der Waals surface area (Å²) >= 11 is 1.17. The molecule has 0 aliphatic rings. The molecule has 0 amide bonds. The van der Waals surface area contributed by atoms with Gasteiger partial charge in [-0.05, 0) is 48.0 Å². The van der Waals surface area contributed by atoms with Crippen molar-refractivity contribution in [3.8, 4) is 34.3 Å². The average molecular weight is 502 g/mol. The van der Waals surface area contributed by atoms with Crippen LogP contribution >= 0.6 is 11.8 Å². The standard InChI is InChI=1S/C25H22F3N3O3S/c1-32-19-10-8-18(9-11-19)31-23(17-12-20(33-2)14-21(13-17)34-3)29-30-24(31)35-15-16-6-4-5-7-22(16)25(26,27)28/h4-14H,15H2,1-3H3. The van der Waals surface area contributed by atoms with Gasteiger partial charge in [0.05, 0.1) is 26.9 Å². The van der Waals surface area contributed by atoms with E-state index < -0.39 is 11.7 Å². The molecule has 0 aliphatic heterocycles. The minimum absolute atomic E-state index is 0.0609. The first-order valence-electron chi connectivity index (χ1n) is 10.4. The first kappa shape index (κ1) is 24.5. The Labute approximate surface area is 204 Å². The first-order chi connectivity index (χ1) is 16.8. The molecule has 0 saturated heterocycles. The Morgan fingerprint density at radius 2 is 1.43 bits per heavy atom. The Morgan fingerprint density at radius 3 is 2.03 bits per heavy atom. The molecule has 0 N–H and O–H groups in total. The van der Waals surface area contributed by atoms with Crippen LogP contribution < -0.4 is 14.2 Å². The Kier molecular flexibility index (Phi) is 7.20. The maximum absolute atomic E-state index is 13.5. The average Bonchev–Trinajstić information content (AvgIpc) is 3.30. The van der Waals surface area contributed by atoms with Crippen molar-refractivity contribution >= 4 is 11.8 Å². The molecular weight excluding hydrogens is 479 g/mol. The number of rotatable bonds is 8. The van der Waals surface area contributed by atoms with Gasteiger partial charge in [0, 0.05) is 23.1 Å². The van der Waals surface area contributed by atoms with Crippen LogP contribution in [-0.2, 0) is 11.9 Å². The smallest absolute Gasteiger partial charge is 0.416 e. The fraction of sp³-hybridized carbons (Fsp3) is 0.200. The van der Waals surface area contributed by atoms with Crippen LogP contribution in [-0.4, -0.2) is 36.1 Å².